The summed E-state index contributed by atoms with van der Waals surface area (Å²) in [5.74, 6) is -0.281. The number of aromatic nitrogens is 2. The van der Waals surface area contributed by atoms with E-state index < -0.39 is 11.3 Å². The molecule has 1 aromatic carbocycles. The third kappa shape index (κ3) is 3.08. The molecular formula is C20H22BrN3O3. The molecule has 2 heterocycles. The zero-order chi connectivity index (χ0) is 19.2. The smallest absolute Gasteiger partial charge is 0.315 e. The van der Waals surface area contributed by atoms with Crippen molar-refractivity contribution in [3.05, 3.63) is 56.2 Å². The van der Waals surface area contributed by atoms with Gasteiger partial charge in [-0.2, -0.15) is 4.98 Å². The lowest BCUT2D eigenvalue weighted by atomic mass is 9.76. The summed E-state index contributed by atoms with van der Waals surface area (Å²) in [5.41, 5.74) is 0.474. The number of fused-ring (bicyclic) bond motifs is 1. The minimum atomic E-state index is -0.720. The van der Waals surface area contributed by atoms with Crippen molar-refractivity contribution in [2.45, 2.75) is 44.1 Å². The van der Waals surface area contributed by atoms with Crippen LogP contribution in [-0.2, 0) is 18.4 Å². The topological polar surface area (TPSA) is 75.4 Å². The second-order valence-electron chi connectivity index (χ2n) is 7.58. The van der Waals surface area contributed by atoms with Crippen LogP contribution < -0.4 is 5.56 Å². The van der Waals surface area contributed by atoms with Crippen molar-refractivity contribution in [3.63, 3.8) is 0 Å². The van der Waals surface area contributed by atoms with Crippen LogP contribution in [0.5, 0.6) is 5.75 Å². The normalized spacial score (nSPS) is 18.6. The summed E-state index contributed by atoms with van der Waals surface area (Å²) < 4.78 is 2.78. The van der Waals surface area contributed by atoms with E-state index in [0.29, 0.717) is 25.3 Å². The van der Waals surface area contributed by atoms with Crippen LogP contribution >= 0.6 is 15.9 Å². The van der Waals surface area contributed by atoms with Crippen LogP contribution in [0, 0.1) is 0 Å². The first kappa shape index (κ1) is 18.2. The largest absolute Gasteiger partial charge is 0.501 e. The molecule has 27 heavy (non-hydrogen) atoms. The minimum absolute atomic E-state index is 0.0705. The van der Waals surface area contributed by atoms with Gasteiger partial charge in [-0.05, 0) is 30.5 Å². The van der Waals surface area contributed by atoms with E-state index in [0.717, 1.165) is 30.2 Å². The van der Waals surface area contributed by atoms with Crippen molar-refractivity contribution in [3.8, 4) is 5.75 Å². The Morgan fingerprint density at radius 2 is 1.96 bits per heavy atom. The lowest BCUT2D eigenvalue weighted by molar-refractivity contribution is 0.0737. The first-order chi connectivity index (χ1) is 12.9. The van der Waals surface area contributed by atoms with E-state index in [1.165, 1.54) is 10.5 Å². The quantitative estimate of drug-likeness (QED) is 0.810. The molecule has 1 saturated carbocycles. The molecule has 0 bridgehead atoms. The number of likely N-dealkylation sites (N-methyl/N-ethyl adjacent to an activating group) is 1. The second-order valence-corrected chi connectivity index (χ2v) is 8.50. The van der Waals surface area contributed by atoms with Crippen LogP contribution in [0.25, 0.3) is 0 Å². The highest BCUT2D eigenvalue weighted by atomic mass is 79.9. The molecule has 1 aromatic heterocycles. The standard InChI is InChI=1S/C20H22BrN3O3/c1-23-9-10-24-15(22-18(26)17(25)16(24)19(23)27)12-20(7-2-3-8-20)13-5-4-6-14(21)11-13/h4-6,11,25H,2-3,7-10,12H2,1H3. The number of carbonyl (C=O) groups is 1. The predicted octanol–water partition coefficient (Wildman–Crippen LogP) is 2.85. The van der Waals surface area contributed by atoms with Gasteiger partial charge in [0.2, 0.25) is 5.75 Å². The number of benzene rings is 1. The van der Waals surface area contributed by atoms with Crippen LogP contribution in [0.3, 0.4) is 0 Å². The first-order valence-corrected chi connectivity index (χ1v) is 10.0. The highest BCUT2D eigenvalue weighted by molar-refractivity contribution is 9.10. The Morgan fingerprint density at radius 3 is 2.67 bits per heavy atom. The maximum atomic E-state index is 12.5. The molecule has 2 aromatic rings. The van der Waals surface area contributed by atoms with E-state index in [1.54, 1.807) is 11.6 Å². The van der Waals surface area contributed by atoms with Crippen molar-refractivity contribution in [1.82, 2.24) is 14.5 Å². The van der Waals surface area contributed by atoms with Crippen LogP contribution in [0.4, 0.5) is 0 Å². The Morgan fingerprint density at radius 1 is 1.22 bits per heavy atom. The van der Waals surface area contributed by atoms with Gasteiger partial charge in [0.05, 0.1) is 0 Å². The van der Waals surface area contributed by atoms with Crippen LogP contribution in [-0.4, -0.2) is 39.1 Å². The number of hydrogen-bond donors (Lipinski definition) is 1. The van der Waals surface area contributed by atoms with E-state index >= 15 is 0 Å². The summed E-state index contributed by atoms with van der Waals surface area (Å²) in [5, 5.41) is 10.2. The number of hydrogen-bond acceptors (Lipinski definition) is 4. The van der Waals surface area contributed by atoms with Gasteiger partial charge in [0.1, 0.15) is 5.82 Å². The zero-order valence-corrected chi connectivity index (χ0v) is 16.8. The third-order valence-corrected chi connectivity index (χ3v) is 6.43. The van der Waals surface area contributed by atoms with Crippen molar-refractivity contribution in [1.29, 1.82) is 0 Å². The molecule has 4 rings (SSSR count). The van der Waals surface area contributed by atoms with Crippen molar-refractivity contribution in [2.75, 3.05) is 13.6 Å². The van der Waals surface area contributed by atoms with Gasteiger partial charge in [0, 0.05) is 36.4 Å². The van der Waals surface area contributed by atoms with E-state index in [-0.39, 0.29) is 17.0 Å². The van der Waals surface area contributed by atoms with Crippen molar-refractivity contribution in [2.24, 2.45) is 0 Å². The Kier molecular flexibility index (Phi) is 4.58. The Balaban J connectivity index is 1.83. The average Bonchev–Trinajstić information content (AvgIpc) is 3.11. The van der Waals surface area contributed by atoms with Gasteiger partial charge in [0.25, 0.3) is 5.91 Å². The molecule has 142 valence electrons. The van der Waals surface area contributed by atoms with E-state index in [1.807, 2.05) is 12.1 Å². The predicted molar refractivity (Wildman–Crippen MR) is 105 cm³/mol. The maximum Gasteiger partial charge on any atom is 0.315 e. The van der Waals surface area contributed by atoms with Crippen molar-refractivity contribution < 1.29 is 9.90 Å². The van der Waals surface area contributed by atoms with Crippen LogP contribution in [0.1, 0.15) is 47.6 Å². The number of halogens is 1. The molecule has 2 aliphatic rings. The van der Waals surface area contributed by atoms with Gasteiger partial charge in [-0.1, -0.05) is 40.9 Å². The molecule has 1 fully saturated rings. The zero-order valence-electron chi connectivity index (χ0n) is 15.2. The summed E-state index contributed by atoms with van der Waals surface area (Å²) in [6, 6.07) is 8.31. The molecule has 1 amide bonds. The van der Waals surface area contributed by atoms with Gasteiger partial charge >= 0.3 is 5.56 Å². The number of aromatic hydroxyl groups is 1. The van der Waals surface area contributed by atoms with Crippen LogP contribution in [0.15, 0.2) is 33.5 Å². The Bertz CT molecular complexity index is 963. The summed E-state index contributed by atoms with van der Waals surface area (Å²) in [7, 11) is 1.68. The maximum absolute atomic E-state index is 12.5. The van der Waals surface area contributed by atoms with E-state index in [4.69, 9.17) is 0 Å². The van der Waals surface area contributed by atoms with Gasteiger partial charge in [-0.3, -0.25) is 9.59 Å². The van der Waals surface area contributed by atoms with Gasteiger partial charge in [0.15, 0.2) is 5.69 Å². The lowest BCUT2D eigenvalue weighted by Gasteiger charge is -2.33. The summed E-state index contributed by atoms with van der Waals surface area (Å²) in [4.78, 5) is 30.5. The number of nitrogens with zero attached hydrogens (tertiary/aromatic N) is 3. The fraction of sp³-hybridized carbons (Fsp3) is 0.450. The summed E-state index contributed by atoms with van der Waals surface area (Å²) in [6.07, 6.45) is 4.88. The molecule has 0 radical (unpaired) electrons. The lowest BCUT2D eigenvalue weighted by Crippen LogP contribution is -2.42. The molecule has 0 spiro atoms. The average molecular weight is 432 g/mol. The SMILES string of the molecule is CN1CCn2c(CC3(c4cccc(Br)c4)CCCC3)nc(=O)c(O)c2C1=O. The summed E-state index contributed by atoms with van der Waals surface area (Å²) in [6.45, 7) is 1.06. The summed E-state index contributed by atoms with van der Waals surface area (Å²) >= 11 is 3.56. The van der Waals surface area contributed by atoms with E-state index in [9.17, 15) is 14.7 Å². The van der Waals surface area contributed by atoms with Gasteiger partial charge < -0.3 is 14.6 Å². The second kappa shape index (κ2) is 6.78. The van der Waals surface area contributed by atoms with Gasteiger partial charge in [-0.25, -0.2) is 0 Å². The highest BCUT2D eigenvalue weighted by Crippen LogP contribution is 2.44. The molecule has 1 N–H and O–H groups in total. The molecule has 0 atom stereocenters. The molecular weight excluding hydrogens is 410 g/mol. The molecule has 7 heteroatoms. The van der Waals surface area contributed by atoms with Gasteiger partial charge in [-0.15, -0.1) is 0 Å². The molecule has 1 aliphatic heterocycles. The van der Waals surface area contributed by atoms with Crippen molar-refractivity contribution >= 4 is 21.8 Å². The molecule has 1 aliphatic carbocycles. The minimum Gasteiger partial charge on any atom is -0.501 e. The number of amides is 1. The fourth-order valence-electron chi connectivity index (χ4n) is 4.45. The number of rotatable bonds is 3. The molecule has 6 nitrogen and oxygen atoms in total. The Labute approximate surface area is 166 Å². The first-order valence-electron chi connectivity index (χ1n) is 9.25. The highest BCUT2D eigenvalue weighted by Gasteiger charge is 2.38. The molecule has 0 unspecified atom stereocenters. The number of carbonyl (C=O) groups excluding carboxylic acids is 1. The monoisotopic (exact) mass is 431 g/mol. The molecule has 0 saturated heterocycles. The Hall–Kier alpha value is -2.15. The van der Waals surface area contributed by atoms with Crippen LogP contribution in [0.2, 0.25) is 0 Å². The fourth-order valence-corrected chi connectivity index (χ4v) is 4.85. The third-order valence-electron chi connectivity index (χ3n) is 5.94. The van der Waals surface area contributed by atoms with E-state index in [2.05, 4.69) is 33.0 Å².